The van der Waals surface area contributed by atoms with Crippen LogP contribution in [0.25, 0.3) is 0 Å². The average molecular weight is 572 g/mol. The standard InChI is InChI=1S/C30H32F3N3O5/c1-5-40-28(37)25-23(17-39-16-18(3)4)36(22-9-7-8-21(14-22)30(31,32)33)27(35)26(29(38)41-6-2)24(25)20-12-10-19(15-34)11-13-20/h7-14,18,24,26,35H,5-6,16-17H2,1-4H3. The molecule has 41 heavy (non-hydrogen) atoms. The second-order valence-corrected chi connectivity index (χ2v) is 9.70. The van der Waals surface area contributed by atoms with Crippen LogP contribution in [0.4, 0.5) is 18.9 Å². The molecule has 2 aromatic rings. The van der Waals surface area contributed by atoms with Gasteiger partial charge in [0.15, 0.2) is 0 Å². The van der Waals surface area contributed by atoms with Crippen molar-refractivity contribution >= 4 is 23.5 Å². The minimum atomic E-state index is -4.68. The summed E-state index contributed by atoms with van der Waals surface area (Å²) in [6.07, 6.45) is -4.68. The molecule has 0 bridgehead atoms. The Hall–Kier alpha value is -4.17. The molecular weight excluding hydrogens is 539 g/mol. The van der Waals surface area contributed by atoms with Crippen LogP contribution >= 0.6 is 0 Å². The fourth-order valence-electron chi connectivity index (χ4n) is 4.62. The maximum Gasteiger partial charge on any atom is 0.416 e. The van der Waals surface area contributed by atoms with E-state index in [2.05, 4.69) is 0 Å². The highest BCUT2D eigenvalue weighted by Gasteiger charge is 2.48. The van der Waals surface area contributed by atoms with E-state index < -0.39 is 41.3 Å². The second kappa shape index (κ2) is 13.5. The summed E-state index contributed by atoms with van der Waals surface area (Å²) in [7, 11) is 0. The van der Waals surface area contributed by atoms with Crippen molar-refractivity contribution in [3.05, 3.63) is 76.5 Å². The highest BCUT2D eigenvalue weighted by Crippen LogP contribution is 2.44. The molecule has 1 N–H and O–H groups in total. The molecule has 3 rings (SSSR count). The number of amidine groups is 1. The van der Waals surface area contributed by atoms with E-state index in [1.165, 1.54) is 24.3 Å². The largest absolute Gasteiger partial charge is 0.465 e. The lowest BCUT2D eigenvalue weighted by molar-refractivity contribution is -0.146. The van der Waals surface area contributed by atoms with E-state index in [1.54, 1.807) is 26.0 Å². The molecule has 11 heteroatoms. The summed E-state index contributed by atoms with van der Waals surface area (Å²) in [6.45, 7) is 6.94. The van der Waals surface area contributed by atoms with Crippen LogP contribution < -0.4 is 4.90 Å². The lowest BCUT2D eigenvalue weighted by atomic mass is 9.75. The second-order valence-electron chi connectivity index (χ2n) is 9.70. The Balaban J connectivity index is 2.39. The number of carbonyl (C=O) groups is 2. The van der Waals surface area contributed by atoms with Crippen molar-refractivity contribution < 1.29 is 37.0 Å². The zero-order valence-corrected chi connectivity index (χ0v) is 23.2. The van der Waals surface area contributed by atoms with Gasteiger partial charge in [0.2, 0.25) is 0 Å². The van der Waals surface area contributed by atoms with Crippen LogP contribution in [0.5, 0.6) is 0 Å². The number of hydrogen-bond acceptors (Lipinski definition) is 7. The van der Waals surface area contributed by atoms with Crippen LogP contribution in [-0.4, -0.2) is 44.2 Å². The summed E-state index contributed by atoms with van der Waals surface area (Å²) in [5.41, 5.74) is -0.276. The van der Waals surface area contributed by atoms with Gasteiger partial charge in [-0.1, -0.05) is 32.0 Å². The molecule has 0 saturated heterocycles. The molecule has 0 amide bonds. The van der Waals surface area contributed by atoms with Gasteiger partial charge in [0.1, 0.15) is 11.8 Å². The maximum absolute atomic E-state index is 13.7. The van der Waals surface area contributed by atoms with Gasteiger partial charge in [-0.15, -0.1) is 0 Å². The number of nitrogens with zero attached hydrogens (tertiary/aromatic N) is 2. The molecule has 0 spiro atoms. The third-order valence-electron chi connectivity index (χ3n) is 6.32. The van der Waals surface area contributed by atoms with E-state index in [-0.39, 0.29) is 49.3 Å². The zero-order valence-electron chi connectivity index (χ0n) is 23.2. The van der Waals surface area contributed by atoms with Crippen LogP contribution in [0.3, 0.4) is 0 Å². The Morgan fingerprint density at radius 1 is 1.07 bits per heavy atom. The molecule has 0 aliphatic carbocycles. The van der Waals surface area contributed by atoms with E-state index in [4.69, 9.17) is 19.6 Å². The summed E-state index contributed by atoms with van der Waals surface area (Å²) in [4.78, 5) is 28.2. The van der Waals surface area contributed by atoms with Gasteiger partial charge in [0, 0.05) is 18.2 Å². The summed E-state index contributed by atoms with van der Waals surface area (Å²) in [5.74, 6) is -4.49. The topological polar surface area (TPSA) is 113 Å². The highest BCUT2D eigenvalue weighted by atomic mass is 19.4. The van der Waals surface area contributed by atoms with Crippen LogP contribution in [0.2, 0.25) is 0 Å². The first-order valence-corrected chi connectivity index (χ1v) is 13.1. The van der Waals surface area contributed by atoms with E-state index in [1.807, 2.05) is 19.9 Å². The first-order chi connectivity index (χ1) is 19.4. The lowest BCUT2D eigenvalue weighted by Gasteiger charge is -2.41. The minimum absolute atomic E-state index is 0.0202. The average Bonchev–Trinajstić information content (AvgIpc) is 2.92. The molecule has 0 radical (unpaired) electrons. The number of ether oxygens (including phenoxy) is 3. The van der Waals surface area contributed by atoms with Gasteiger partial charge < -0.3 is 14.2 Å². The number of esters is 2. The smallest absolute Gasteiger partial charge is 0.416 e. The SMILES string of the molecule is CCOC(=O)C1=C(COCC(C)C)N(c2cccc(C(F)(F)F)c2)C(=N)C(C(=O)OCC)C1c1ccc(C#N)cc1. The number of carbonyl (C=O) groups excluding carboxylic acids is 2. The first kappa shape index (κ1) is 31.4. The van der Waals surface area contributed by atoms with E-state index >= 15 is 0 Å². The fraction of sp³-hybridized carbons (Fsp3) is 0.400. The summed E-state index contributed by atoms with van der Waals surface area (Å²) in [5, 5.41) is 18.4. The Morgan fingerprint density at radius 2 is 1.73 bits per heavy atom. The normalized spacial score (nSPS) is 17.4. The van der Waals surface area contributed by atoms with Crippen molar-refractivity contribution in [2.75, 3.05) is 31.3 Å². The summed E-state index contributed by atoms with van der Waals surface area (Å²) < 4.78 is 57.6. The number of anilines is 1. The van der Waals surface area contributed by atoms with Crippen molar-refractivity contribution in [1.29, 1.82) is 10.7 Å². The molecule has 218 valence electrons. The molecule has 8 nitrogen and oxygen atoms in total. The minimum Gasteiger partial charge on any atom is -0.465 e. The fourth-order valence-corrected chi connectivity index (χ4v) is 4.62. The summed E-state index contributed by atoms with van der Waals surface area (Å²) in [6, 6.07) is 12.5. The monoisotopic (exact) mass is 571 g/mol. The van der Waals surface area contributed by atoms with Gasteiger partial charge >= 0.3 is 18.1 Å². The van der Waals surface area contributed by atoms with Crippen LogP contribution in [-0.2, 0) is 30.0 Å². The predicted molar refractivity (Wildman–Crippen MR) is 145 cm³/mol. The third-order valence-corrected chi connectivity index (χ3v) is 6.32. The predicted octanol–water partition coefficient (Wildman–Crippen LogP) is 5.83. The van der Waals surface area contributed by atoms with Gasteiger partial charge in [-0.05, 0) is 55.7 Å². The molecule has 1 heterocycles. The molecule has 0 fully saturated rings. The van der Waals surface area contributed by atoms with Crippen molar-refractivity contribution in [1.82, 2.24) is 0 Å². The van der Waals surface area contributed by atoms with Gasteiger partial charge in [0.05, 0.1) is 48.3 Å². The molecule has 1 aliphatic heterocycles. The molecular formula is C30H32F3N3O5. The molecule has 0 aromatic heterocycles. The number of nitriles is 1. The molecule has 2 aromatic carbocycles. The Bertz CT molecular complexity index is 1350. The number of rotatable bonds is 10. The van der Waals surface area contributed by atoms with Gasteiger partial charge in [-0.3, -0.25) is 15.1 Å². The Labute approximate surface area is 236 Å². The number of alkyl halides is 3. The maximum atomic E-state index is 13.7. The molecule has 0 saturated carbocycles. The quantitative estimate of drug-likeness (QED) is 0.357. The number of halogens is 3. The van der Waals surface area contributed by atoms with E-state index in [9.17, 15) is 28.0 Å². The first-order valence-electron chi connectivity index (χ1n) is 13.1. The van der Waals surface area contributed by atoms with Gasteiger partial charge in [-0.2, -0.15) is 18.4 Å². The van der Waals surface area contributed by atoms with E-state index in [0.717, 1.165) is 17.0 Å². The number of benzene rings is 2. The zero-order chi connectivity index (χ0) is 30.3. The number of nitrogens with one attached hydrogen (secondary N) is 1. The lowest BCUT2D eigenvalue weighted by Crippen LogP contribution is -2.49. The molecule has 2 unspecified atom stereocenters. The molecule has 2 atom stereocenters. The van der Waals surface area contributed by atoms with Crippen LogP contribution in [0.15, 0.2) is 59.8 Å². The Morgan fingerprint density at radius 3 is 2.29 bits per heavy atom. The van der Waals surface area contributed by atoms with Gasteiger partial charge in [-0.25, -0.2) is 4.79 Å². The third kappa shape index (κ3) is 7.13. The van der Waals surface area contributed by atoms with Crippen molar-refractivity contribution in [2.24, 2.45) is 11.8 Å². The van der Waals surface area contributed by atoms with Crippen LogP contribution in [0.1, 0.15) is 50.3 Å². The van der Waals surface area contributed by atoms with Crippen molar-refractivity contribution in [2.45, 2.75) is 39.8 Å². The van der Waals surface area contributed by atoms with E-state index in [0.29, 0.717) is 11.1 Å². The van der Waals surface area contributed by atoms with Gasteiger partial charge in [0.25, 0.3) is 0 Å². The molecule has 1 aliphatic rings. The highest BCUT2D eigenvalue weighted by molar-refractivity contribution is 6.14. The number of hydrogen-bond donors (Lipinski definition) is 1. The van der Waals surface area contributed by atoms with Crippen molar-refractivity contribution in [3.63, 3.8) is 0 Å². The van der Waals surface area contributed by atoms with Crippen LogP contribution in [0, 0.1) is 28.6 Å². The summed E-state index contributed by atoms with van der Waals surface area (Å²) >= 11 is 0. The Kier molecular flexibility index (Phi) is 10.3. The van der Waals surface area contributed by atoms with Crippen molar-refractivity contribution in [3.8, 4) is 6.07 Å².